The number of methoxy groups -OCH3 is 1. The molecule has 1 unspecified atom stereocenters. The molecule has 0 aliphatic heterocycles. The molecule has 0 aromatic carbocycles. The number of hydrogen-bond acceptors (Lipinski definition) is 1. The molecule has 0 saturated carbocycles. The van der Waals surface area contributed by atoms with E-state index in [2.05, 4.69) is 32.4 Å². The second-order valence-electron chi connectivity index (χ2n) is 3.04. The second-order valence-corrected chi connectivity index (χ2v) is 3.04. The first-order valence-corrected chi connectivity index (χ1v) is 4.00. The van der Waals surface area contributed by atoms with Crippen LogP contribution in [-0.2, 0) is 4.74 Å². The van der Waals surface area contributed by atoms with Crippen LogP contribution in [-0.4, -0.2) is 14.2 Å². The van der Waals surface area contributed by atoms with Crippen molar-refractivity contribution in [1.29, 1.82) is 0 Å². The minimum atomic E-state index is 0.866. The summed E-state index contributed by atoms with van der Waals surface area (Å²) in [5.74, 6) is 1.77. The number of rotatable bonds is 2. The Morgan fingerprint density at radius 1 is 1.10 bits per heavy atom. The molecule has 0 bridgehead atoms. The summed E-state index contributed by atoms with van der Waals surface area (Å²) in [5.41, 5.74) is 0. The molecule has 0 fully saturated rings. The fourth-order valence-electron chi connectivity index (χ4n) is 0.471. The molecule has 0 rings (SSSR count). The van der Waals surface area contributed by atoms with E-state index in [0.717, 1.165) is 11.8 Å². The van der Waals surface area contributed by atoms with E-state index in [4.69, 9.17) is 0 Å². The van der Waals surface area contributed by atoms with Crippen molar-refractivity contribution in [2.45, 2.75) is 34.1 Å². The van der Waals surface area contributed by atoms with Gasteiger partial charge in [0.05, 0.1) is 0 Å². The second kappa shape index (κ2) is 8.96. The topological polar surface area (TPSA) is 9.23 Å². The maximum absolute atomic E-state index is 4.25. The van der Waals surface area contributed by atoms with Crippen LogP contribution in [0.3, 0.4) is 0 Å². The predicted molar refractivity (Wildman–Crippen MR) is 47.2 cm³/mol. The Balaban J connectivity index is 0. The zero-order chi connectivity index (χ0) is 8.57. The van der Waals surface area contributed by atoms with Crippen molar-refractivity contribution >= 4 is 0 Å². The molecule has 0 aromatic heterocycles. The van der Waals surface area contributed by atoms with E-state index in [9.17, 15) is 0 Å². The monoisotopic (exact) mass is 146 g/mol. The summed E-state index contributed by atoms with van der Waals surface area (Å²) in [7, 11) is 3.25. The molecule has 0 amide bonds. The molecule has 1 heteroatoms. The van der Waals surface area contributed by atoms with Crippen LogP contribution in [0.2, 0.25) is 0 Å². The van der Waals surface area contributed by atoms with Crippen molar-refractivity contribution in [3.05, 3.63) is 0 Å². The van der Waals surface area contributed by atoms with Gasteiger partial charge in [0.15, 0.2) is 0 Å². The van der Waals surface area contributed by atoms with Crippen LogP contribution in [0.25, 0.3) is 0 Å². The molecular formula is C9H22O. The van der Waals surface area contributed by atoms with E-state index in [1.54, 1.807) is 14.2 Å². The number of hydrogen-bond donors (Lipinski definition) is 0. The Hall–Kier alpha value is -0.0400. The summed E-state index contributed by atoms with van der Waals surface area (Å²) in [4.78, 5) is 0. The molecule has 1 nitrogen and oxygen atoms in total. The van der Waals surface area contributed by atoms with E-state index in [-0.39, 0.29) is 0 Å². The van der Waals surface area contributed by atoms with Gasteiger partial charge in [-0.25, -0.2) is 0 Å². The molecule has 0 heterocycles. The molecule has 64 valence electrons. The van der Waals surface area contributed by atoms with Gasteiger partial charge in [-0.05, 0) is 11.8 Å². The molecule has 0 spiro atoms. The fraction of sp³-hybridized carbons (Fsp3) is 1.00. The lowest BCUT2D eigenvalue weighted by Crippen LogP contribution is -2.00. The van der Waals surface area contributed by atoms with Gasteiger partial charge in [0.25, 0.3) is 0 Å². The maximum atomic E-state index is 4.25. The van der Waals surface area contributed by atoms with Gasteiger partial charge in [-0.1, -0.05) is 34.1 Å². The smallest absolute Gasteiger partial charge is 0.0351 e. The molecule has 10 heavy (non-hydrogen) atoms. The highest BCUT2D eigenvalue weighted by molar-refractivity contribution is 4.52. The molecule has 1 atom stereocenters. The largest absolute Gasteiger partial charge is 0.388 e. The molecule has 0 N–H and O–H groups in total. The molecule has 0 aromatic rings. The van der Waals surface area contributed by atoms with E-state index in [0.29, 0.717) is 0 Å². The standard InChI is InChI=1S/C7H16.C2H6O/c1-5-7(4)6(2)3;1-3-2/h6-7H,5H2,1-4H3;1-2H3. The van der Waals surface area contributed by atoms with Gasteiger partial charge in [0.2, 0.25) is 0 Å². The first kappa shape index (κ1) is 12.6. The summed E-state index contributed by atoms with van der Waals surface area (Å²) in [6, 6.07) is 0. The van der Waals surface area contributed by atoms with E-state index < -0.39 is 0 Å². The Morgan fingerprint density at radius 3 is 1.40 bits per heavy atom. The van der Waals surface area contributed by atoms with E-state index in [1.807, 2.05) is 0 Å². The summed E-state index contributed by atoms with van der Waals surface area (Å²) >= 11 is 0. The minimum absolute atomic E-state index is 0.866. The van der Waals surface area contributed by atoms with Gasteiger partial charge >= 0.3 is 0 Å². The zero-order valence-corrected chi connectivity index (χ0v) is 8.27. The van der Waals surface area contributed by atoms with Crippen LogP contribution in [0, 0.1) is 11.8 Å². The predicted octanol–water partition coefficient (Wildman–Crippen LogP) is 2.95. The highest BCUT2D eigenvalue weighted by Crippen LogP contribution is 2.11. The average Bonchev–Trinajstić information content (AvgIpc) is 1.88. The van der Waals surface area contributed by atoms with Crippen molar-refractivity contribution in [2.75, 3.05) is 14.2 Å². The summed E-state index contributed by atoms with van der Waals surface area (Å²) in [5, 5.41) is 0. The molecule has 0 aliphatic carbocycles. The van der Waals surface area contributed by atoms with Crippen LogP contribution >= 0.6 is 0 Å². The third-order valence-electron chi connectivity index (χ3n) is 1.78. The molecular weight excluding hydrogens is 124 g/mol. The van der Waals surface area contributed by atoms with Gasteiger partial charge in [-0.15, -0.1) is 0 Å². The Bertz CT molecular complexity index is 50.7. The van der Waals surface area contributed by atoms with Crippen molar-refractivity contribution in [3.63, 3.8) is 0 Å². The Morgan fingerprint density at radius 2 is 1.40 bits per heavy atom. The van der Waals surface area contributed by atoms with Gasteiger partial charge in [0.1, 0.15) is 0 Å². The van der Waals surface area contributed by atoms with Gasteiger partial charge in [-0.3, -0.25) is 0 Å². The third kappa shape index (κ3) is 10.9. The van der Waals surface area contributed by atoms with Gasteiger partial charge < -0.3 is 4.74 Å². The summed E-state index contributed by atoms with van der Waals surface area (Å²) < 4.78 is 4.25. The van der Waals surface area contributed by atoms with Crippen LogP contribution in [0.1, 0.15) is 34.1 Å². The van der Waals surface area contributed by atoms with Crippen LogP contribution in [0.4, 0.5) is 0 Å². The number of ether oxygens (including phenoxy) is 1. The van der Waals surface area contributed by atoms with Gasteiger partial charge in [0, 0.05) is 14.2 Å². The first-order valence-electron chi connectivity index (χ1n) is 4.00. The van der Waals surface area contributed by atoms with Crippen LogP contribution in [0.15, 0.2) is 0 Å². The third-order valence-corrected chi connectivity index (χ3v) is 1.78. The van der Waals surface area contributed by atoms with Gasteiger partial charge in [-0.2, -0.15) is 0 Å². The van der Waals surface area contributed by atoms with Crippen LogP contribution in [0.5, 0.6) is 0 Å². The quantitative estimate of drug-likeness (QED) is 0.582. The Labute approximate surface area is 65.8 Å². The summed E-state index contributed by atoms with van der Waals surface area (Å²) in [6.45, 7) is 9.08. The highest BCUT2D eigenvalue weighted by Gasteiger charge is 2.01. The van der Waals surface area contributed by atoms with Crippen molar-refractivity contribution < 1.29 is 4.74 Å². The van der Waals surface area contributed by atoms with Crippen molar-refractivity contribution in [3.8, 4) is 0 Å². The average molecular weight is 146 g/mol. The zero-order valence-electron chi connectivity index (χ0n) is 8.27. The first-order chi connectivity index (χ1) is 4.59. The fourth-order valence-corrected chi connectivity index (χ4v) is 0.471. The van der Waals surface area contributed by atoms with Crippen LogP contribution < -0.4 is 0 Å². The highest BCUT2D eigenvalue weighted by atomic mass is 16.4. The lowest BCUT2D eigenvalue weighted by atomic mass is 9.96. The summed E-state index contributed by atoms with van der Waals surface area (Å²) in [6.07, 6.45) is 1.32. The normalized spacial score (nSPS) is 12.3. The van der Waals surface area contributed by atoms with Crippen molar-refractivity contribution in [1.82, 2.24) is 0 Å². The molecule has 0 radical (unpaired) electrons. The van der Waals surface area contributed by atoms with E-state index in [1.165, 1.54) is 6.42 Å². The Kier molecular flexibility index (Phi) is 11.3. The minimum Gasteiger partial charge on any atom is -0.388 e. The lowest BCUT2D eigenvalue weighted by Gasteiger charge is -2.10. The van der Waals surface area contributed by atoms with E-state index >= 15 is 0 Å². The lowest BCUT2D eigenvalue weighted by molar-refractivity contribution is 0.277. The molecule has 0 saturated heterocycles. The maximum Gasteiger partial charge on any atom is 0.0351 e. The van der Waals surface area contributed by atoms with Crippen molar-refractivity contribution in [2.24, 2.45) is 11.8 Å². The molecule has 0 aliphatic rings. The SMILES string of the molecule is CCC(C)C(C)C.COC.